The molecule has 0 unspecified atom stereocenters. The Hall–Kier alpha value is -3.09. The molecule has 3 rings (SSSR count). The standard InChI is InChI=1S/C20H23N3O4/c1-14-6-5-11-22(13-14)17-10-9-15(12-18(17)23(25)26)20(24)21-16-7-3-4-8-19(16)27-2/h3-4,7-10,12,14H,5-6,11,13H2,1-2H3,(H,21,24)/t14-/m1/s1. The van der Waals surface area contributed by atoms with Crippen LogP contribution in [0, 0.1) is 16.0 Å². The Bertz CT molecular complexity index is 853. The molecule has 1 aliphatic rings. The average Bonchev–Trinajstić information content (AvgIpc) is 2.67. The molecule has 2 aromatic carbocycles. The van der Waals surface area contributed by atoms with Crippen molar-refractivity contribution in [2.75, 3.05) is 30.4 Å². The molecule has 1 saturated heterocycles. The molecule has 0 radical (unpaired) electrons. The summed E-state index contributed by atoms with van der Waals surface area (Å²) in [7, 11) is 1.52. The highest BCUT2D eigenvalue weighted by atomic mass is 16.6. The third-order valence-electron chi connectivity index (χ3n) is 4.79. The summed E-state index contributed by atoms with van der Waals surface area (Å²) in [6, 6.07) is 11.7. The molecule has 1 amide bonds. The molecule has 7 nitrogen and oxygen atoms in total. The van der Waals surface area contributed by atoms with Crippen molar-refractivity contribution >= 4 is 23.0 Å². The molecule has 0 aromatic heterocycles. The fraction of sp³-hybridized carbons (Fsp3) is 0.350. The van der Waals surface area contributed by atoms with Crippen LogP contribution in [0.4, 0.5) is 17.1 Å². The van der Waals surface area contributed by atoms with E-state index in [4.69, 9.17) is 4.74 Å². The number of carbonyl (C=O) groups is 1. The van der Waals surface area contributed by atoms with Crippen LogP contribution in [-0.2, 0) is 0 Å². The number of para-hydroxylation sites is 2. The van der Waals surface area contributed by atoms with Crippen LogP contribution in [0.15, 0.2) is 42.5 Å². The molecule has 1 N–H and O–H groups in total. The molecule has 0 aliphatic carbocycles. The number of anilines is 2. The summed E-state index contributed by atoms with van der Waals surface area (Å²) in [5.41, 5.74) is 1.28. The van der Waals surface area contributed by atoms with Gasteiger partial charge in [-0.05, 0) is 43.0 Å². The number of ether oxygens (including phenoxy) is 1. The van der Waals surface area contributed by atoms with Crippen LogP contribution in [-0.4, -0.2) is 31.0 Å². The van der Waals surface area contributed by atoms with Crippen molar-refractivity contribution in [3.05, 3.63) is 58.1 Å². The van der Waals surface area contributed by atoms with Crippen LogP contribution in [0.5, 0.6) is 5.75 Å². The summed E-state index contributed by atoms with van der Waals surface area (Å²) in [6.07, 6.45) is 2.14. The Kier molecular flexibility index (Phi) is 5.59. The Balaban J connectivity index is 1.87. The van der Waals surface area contributed by atoms with Crippen molar-refractivity contribution in [3.63, 3.8) is 0 Å². The summed E-state index contributed by atoms with van der Waals surface area (Å²) < 4.78 is 5.22. The first-order chi connectivity index (χ1) is 13.0. The molecule has 1 aliphatic heterocycles. The number of nitro benzene ring substituents is 1. The van der Waals surface area contributed by atoms with Crippen LogP contribution in [0.1, 0.15) is 30.1 Å². The number of nitrogens with one attached hydrogen (secondary N) is 1. The Labute approximate surface area is 158 Å². The lowest BCUT2D eigenvalue weighted by Crippen LogP contribution is -2.34. The first-order valence-corrected chi connectivity index (χ1v) is 8.97. The second kappa shape index (κ2) is 8.07. The number of nitrogens with zero attached hydrogens (tertiary/aromatic N) is 2. The van der Waals surface area contributed by atoms with Crippen LogP contribution < -0.4 is 15.0 Å². The van der Waals surface area contributed by atoms with Gasteiger partial charge in [0.1, 0.15) is 11.4 Å². The van der Waals surface area contributed by atoms with E-state index in [1.807, 2.05) is 4.90 Å². The second-order valence-corrected chi connectivity index (χ2v) is 6.81. The lowest BCUT2D eigenvalue weighted by Gasteiger charge is -2.32. The van der Waals surface area contributed by atoms with Crippen molar-refractivity contribution < 1.29 is 14.5 Å². The van der Waals surface area contributed by atoms with Gasteiger partial charge < -0.3 is 15.0 Å². The van der Waals surface area contributed by atoms with Gasteiger partial charge in [0.2, 0.25) is 0 Å². The summed E-state index contributed by atoms with van der Waals surface area (Å²) in [6.45, 7) is 3.72. The van der Waals surface area contributed by atoms with Crippen molar-refractivity contribution in [1.29, 1.82) is 0 Å². The minimum atomic E-state index is -0.422. The minimum Gasteiger partial charge on any atom is -0.495 e. The van der Waals surface area contributed by atoms with Gasteiger partial charge in [0.15, 0.2) is 0 Å². The second-order valence-electron chi connectivity index (χ2n) is 6.81. The maximum Gasteiger partial charge on any atom is 0.293 e. The van der Waals surface area contributed by atoms with E-state index in [0.717, 1.165) is 25.9 Å². The number of carbonyl (C=O) groups excluding carboxylic acids is 1. The number of rotatable bonds is 5. The van der Waals surface area contributed by atoms with E-state index in [-0.39, 0.29) is 11.3 Å². The van der Waals surface area contributed by atoms with Gasteiger partial charge in [-0.2, -0.15) is 0 Å². The third-order valence-corrected chi connectivity index (χ3v) is 4.79. The van der Waals surface area contributed by atoms with Crippen LogP contribution >= 0.6 is 0 Å². The van der Waals surface area contributed by atoms with E-state index >= 15 is 0 Å². The summed E-state index contributed by atoms with van der Waals surface area (Å²) in [5, 5.41) is 14.4. The lowest BCUT2D eigenvalue weighted by atomic mass is 9.99. The lowest BCUT2D eigenvalue weighted by molar-refractivity contribution is -0.384. The molecule has 7 heteroatoms. The maximum absolute atomic E-state index is 12.6. The summed E-state index contributed by atoms with van der Waals surface area (Å²) >= 11 is 0. The molecule has 0 bridgehead atoms. The van der Waals surface area contributed by atoms with E-state index < -0.39 is 10.8 Å². The highest BCUT2D eigenvalue weighted by molar-refractivity contribution is 6.05. The number of amides is 1. The number of hydrogen-bond acceptors (Lipinski definition) is 5. The third kappa shape index (κ3) is 4.19. The molecule has 0 spiro atoms. The minimum absolute atomic E-state index is 0.0447. The molecule has 1 heterocycles. The van der Waals surface area contributed by atoms with E-state index in [9.17, 15) is 14.9 Å². The van der Waals surface area contributed by atoms with Crippen molar-refractivity contribution in [1.82, 2.24) is 0 Å². The predicted molar refractivity (Wildman–Crippen MR) is 105 cm³/mol. The Morgan fingerprint density at radius 1 is 1.30 bits per heavy atom. The number of benzene rings is 2. The van der Waals surface area contributed by atoms with Gasteiger partial charge in [-0.25, -0.2) is 0 Å². The van der Waals surface area contributed by atoms with E-state index in [1.165, 1.54) is 13.2 Å². The highest BCUT2D eigenvalue weighted by Gasteiger charge is 2.25. The molecule has 142 valence electrons. The first-order valence-electron chi connectivity index (χ1n) is 8.97. The highest BCUT2D eigenvalue weighted by Crippen LogP contribution is 2.33. The Morgan fingerprint density at radius 2 is 2.07 bits per heavy atom. The first kappa shape index (κ1) is 18.7. The fourth-order valence-electron chi connectivity index (χ4n) is 3.43. The summed E-state index contributed by atoms with van der Waals surface area (Å²) in [5.74, 6) is 0.604. The molecular formula is C20H23N3O4. The van der Waals surface area contributed by atoms with Crippen molar-refractivity contribution in [2.24, 2.45) is 5.92 Å². The Morgan fingerprint density at radius 3 is 2.78 bits per heavy atom. The van der Waals surface area contributed by atoms with Crippen molar-refractivity contribution in [2.45, 2.75) is 19.8 Å². The van der Waals surface area contributed by atoms with Gasteiger partial charge in [-0.3, -0.25) is 14.9 Å². The normalized spacial score (nSPS) is 16.7. The number of piperidine rings is 1. The molecular weight excluding hydrogens is 346 g/mol. The number of methoxy groups -OCH3 is 1. The maximum atomic E-state index is 12.6. The molecule has 1 fully saturated rings. The summed E-state index contributed by atoms with van der Waals surface area (Å²) in [4.78, 5) is 25.8. The van der Waals surface area contributed by atoms with Gasteiger partial charge >= 0.3 is 0 Å². The van der Waals surface area contributed by atoms with Gasteiger partial charge in [0, 0.05) is 24.7 Å². The van der Waals surface area contributed by atoms with Gasteiger partial charge in [0.05, 0.1) is 17.7 Å². The molecule has 27 heavy (non-hydrogen) atoms. The average molecular weight is 369 g/mol. The number of nitro groups is 1. The molecule has 0 saturated carbocycles. The topological polar surface area (TPSA) is 84.7 Å². The zero-order chi connectivity index (χ0) is 19.4. The predicted octanol–water partition coefficient (Wildman–Crippen LogP) is 4.09. The van der Waals surface area contributed by atoms with Crippen LogP contribution in [0.3, 0.4) is 0 Å². The largest absolute Gasteiger partial charge is 0.495 e. The SMILES string of the molecule is COc1ccccc1NC(=O)c1ccc(N2CCC[C@@H](C)C2)c([N+](=O)[O-])c1. The van der Waals surface area contributed by atoms with Crippen LogP contribution in [0.25, 0.3) is 0 Å². The zero-order valence-corrected chi connectivity index (χ0v) is 15.5. The molecule has 2 aromatic rings. The van der Waals surface area contributed by atoms with Crippen molar-refractivity contribution in [3.8, 4) is 5.75 Å². The fourth-order valence-corrected chi connectivity index (χ4v) is 3.43. The number of hydrogen-bond donors (Lipinski definition) is 1. The van der Waals surface area contributed by atoms with E-state index in [0.29, 0.717) is 23.0 Å². The smallest absolute Gasteiger partial charge is 0.293 e. The van der Waals surface area contributed by atoms with E-state index in [1.54, 1.807) is 36.4 Å². The zero-order valence-electron chi connectivity index (χ0n) is 15.5. The van der Waals surface area contributed by atoms with Gasteiger partial charge in [0.25, 0.3) is 11.6 Å². The van der Waals surface area contributed by atoms with Gasteiger partial charge in [-0.1, -0.05) is 19.1 Å². The molecule has 1 atom stereocenters. The van der Waals surface area contributed by atoms with Gasteiger partial charge in [-0.15, -0.1) is 0 Å². The quantitative estimate of drug-likeness (QED) is 0.634. The van der Waals surface area contributed by atoms with Crippen LogP contribution in [0.2, 0.25) is 0 Å². The monoisotopic (exact) mass is 369 g/mol. The van der Waals surface area contributed by atoms with E-state index in [2.05, 4.69) is 12.2 Å².